The van der Waals surface area contributed by atoms with Crippen LogP contribution in [0.2, 0.25) is 0 Å². The highest BCUT2D eigenvalue weighted by atomic mass is 16.5. The molecule has 4 N–H and O–H groups in total. The number of ether oxygens (including phenoxy) is 1. The average molecular weight is 208 g/mol. The molecule has 0 bridgehead atoms. The largest absolute Gasteiger partial charge is 0.497 e. The first kappa shape index (κ1) is 12.0. The highest BCUT2D eigenvalue weighted by Crippen LogP contribution is 2.25. The molecule has 84 valence electrons. The molecule has 0 heterocycles. The van der Waals surface area contributed by atoms with Crippen LogP contribution in [0.25, 0.3) is 0 Å². The molecule has 0 amide bonds. The van der Waals surface area contributed by atoms with Crippen molar-refractivity contribution in [3.8, 4) is 5.75 Å². The number of rotatable bonds is 6. The van der Waals surface area contributed by atoms with Gasteiger partial charge in [-0.25, -0.2) is 0 Å². The van der Waals surface area contributed by atoms with Gasteiger partial charge in [0.1, 0.15) is 5.75 Å². The van der Waals surface area contributed by atoms with Crippen molar-refractivity contribution in [3.63, 3.8) is 0 Å². The standard InChI is InChI=1S/C12H20N2O/c1-15-12-4-2-3-11(9-12)10(5-7-13)6-8-14/h2-4,9-10H,5-8,13-14H2,1H3. The van der Waals surface area contributed by atoms with Crippen LogP contribution in [0.4, 0.5) is 0 Å². The molecule has 3 nitrogen and oxygen atoms in total. The maximum atomic E-state index is 5.60. The van der Waals surface area contributed by atoms with Crippen LogP contribution in [0, 0.1) is 0 Å². The minimum atomic E-state index is 0.454. The molecule has 0 aromatic heterocycles. The van der Waals surface area contributed by atoms with Crippen molar-refractivity contribution in [2.24, 2.45) is 11.5 Å². The van der Waals surface area contributed by atoms with Crippen LogP contribution in [0.3, 0.4) is 0 Å². The van der Waals surface area contributed by atoms with E-state index in [4.69, 9.17) is 16.2 Å². The van der Waals surface area contributed by atoms with E-state index in [0.717, 1.165) is 18.6 Å². The number of benzene rings is 1. The zero-order chi connectivity index (χ0) is 11.1. The monoisotopic (exact) mass is 208 g/mol. The smallest absolute Gasteiger partial charge is 0.119 e. The maximum absolute atomic E-state index is 5.60. The topological polar surface area (TPSA) is 61.3 Å². The second-order valence-corrected chi connectivity index (χ2v) is 3.63. The van der Waals surface area contributed by atoms with Gasteiger partial charge < -0.3 is 16.2 Å². The van der Waals surface area contributed by atoms with Crippen LogP contribution in [-0.2, 0) is 0 Å². The third-order valence-corrected chi connectivity index (χ3v) is 2.60. The minimum absolute atomic E-state index is 0.454. The fraction of sp³-hybridized carbons (Fsp3) is 0.500. The SMILES string of the molecule is COc1cccc(C(CCN)CCN)c1. The van der Waals surface area contributed by atoms with Gasteiger partial charge in [-0.1, -0.05) is 12.1 Å². The summed E-state index contributed by atoms with van der Waals surface area (Å²) in [7, 11) is 1.68. The summed E-state index contributed by atoms with van der Waals surface area (Å²) in [6.07, 6.45) is 1.95. The van der Waals surface area contributed by atoms with Gasteiger partial charge in [0.25, 0.3) is 0 Å². The second-order valence-electron chi connectivity index (χ2n) is 3.63. The van der Waals surface area contributed by atoms with E-state index in [9.17, 15) is 0 Å². The third-order valence-electron chi connectivity index (χ3n) is 2.60. The van der Waals surface area contributed by atoms with Crippen LogP contribution >= 0.6 is 0 Å². The molecule has 0 aliphatic heterocycles. The van der Waals surface area contributed by atoms with Crippen molar-refractivity contribution in [1.29, 1.82) is 0 Å². The summed E-state index contributed by atoms with van der Waals surface area (Å²) in [6, 6.07) is 8.13. The summed E-state index contributed by atoms with van der Waals surface area (Å²) in [5.74, 6) is 1.35. The first-order valence-electron chi connectivity index (χ1n) is 5.36. The van der Waals surface area contributed by atoms with Crippen LogP contribution in [0.1, 0.15) is 24.3 Å². The Labute approximate surface area is 91.4 Å². The summed E-state index contributed by atoms with van der Waals surface area (Å²) in [5.41, 5.74) is 12.5. The summed E-state index contributed by atoms with van der Waals surface area (Å²) < 4.78 is 5.20. The van der Waals surface area contributed by atoms with E-state index >= 15 is 0 Å². The average Bonchev–Trinajstić information content (AvgIpc) is 2.29. The molecule has 0 spiro atoms. The highest BCUT2D eigenvalue weighted by Gasteiger charge is 2.10. The Morgan fingerprint density at radius 2 is 1.87 bits per heavy atom. The number of hydrogen-bond acceptors (Lipinski definition) is 3. The van der Waals surface area contributed by atoms with Gasteiger partial charge >= 0.3 is 0 Å². The van der Waals surface area contributed by atoms with Gasteiger partial charge in [0.05, 0.1) is 7.11 Å². The zero-order valence-electron chi connectivity index (χ0n) is 9.28. The summed E-state index contributed by atoms with van der Waals surface area (Å²) >= 11 is 0. The lowest BCUT2D eigenvalue weighted by molar-refractivity contribution is 0.413. The predicted octanol–water partition coefficient (Wildman–Crippen LogP) is 1.48. The molecule has 1 aromatic carbocycles. The van der Waals surface area contributed by atoms with Crippen LogP contribution < -0.4 is 16.2 Å². The fourth-order valence-electron chi connectivity index (χ4n) is 1.78. The molecule has 0 radical (unpaired) electrons. The molecule has 0 aliphatic rings. The van der Waals surface area contributed by atoms with Gasteiger partial charge in [0, 0.05) is 0 Å². The molecule has 0 fully saturated rings. The van der Waals surface area contributed by atoms with Crippen molar-refractivity contribution in [2.45, 2.75) is 18.8 Å². The van der Waals surface area contributed by atoms with Crippen LogP contribution in [0.5, 0.6) is 5.75 Å². The molecule has 0 saturated carbocycles. The highest BCUT2D eigenvalue weighted by molar-refractivity contribution is 5.30. The first-order chi connectivity index (χ1) is 7.31. The van der Waals surface area contributed by atoms with Gasteiger partial charge in [-0.05, 0) is 49.5 Å². The molecule has 1 rings (SSSR count). The van der Waals surface area contributed by atoms with E-state index in [1.165, 1.54) is 5.56 Å². The maximum Gasteiger partial charge on any atom is 0.119 e. The van der Waals surface area contributed by atoms with Crippen molar-refractivity contribution >= 4 is 0 Å². The molecular weight excluding hydrogens is 188 g/mol. The van der Waals surface area contributed by atoms with E-state index in [2.05, 4.69) is 12.1 Å². The Bertz CT molecular complexity index is 283. The summed E-state index contributed by atoms with van der Waals surface area (Å²) in [5, 5.41) is 0. The molecule has 3 heteroatoms. The lowest BCUT2D eigenvalue weighted by Crippen LogP contribution is -2.12. The first-order valence-corrected chi connectivity index (χ1v) is 5.36. The Kier molecular flexibility index (Phi) is 5.15. The molecule has 0 saturated heterocycles. The van der Waals surface area contributed by atoms with Crippen molar-refractivity contribution in [3.05, 3.63) is 29.8 Å². The second kappa shape index (κ2) is 6.43. The lowest BCUT2D eigenvalue weighted by atomic mass is 9.92. The van der Waals surface area contributed by atoms with E-state index in [0.29, 0.717) is 19.0 Å². The Hall–Kier alpha value is -1.06. The molecular formula is C12H20N2O. The number of nitrogens with two attached hydrogens (primary N) is 2. The number of methoxy groups -OCH3 is 1. The fourth-order valence-corrected chi connectivity index (χ4v) is 1.78. The van der Waals surface area contributed by atoms with Crippen LogP contribution in [0.15, 0.2) is 24.3 Å². The van der Waals surface area contributed by atoms with E-state index in [1.54, 1.807) is 7.11 Å². The quantitative estimate of drug-likeness (QED) is 0.744. The number of hydrogen-bond donors (Lipinski definition) is 2. The van der Waals surface area contributed by atoms with E-state index in [-0.39, 0.29) is 0 Å². The normalized spacial score (nSPS) is 10.7. The lowest BCUT2D eigenvalue weighted by Gasteiger charge is -2.16. The minimum Gasteiger partial charge on any atom is -0.497 e. The molecule has 15 heavy (non-hydrogen) atoms. The molecule has 0 atom stereocenters. The molecule has 1 aromatic rings. The van der Waals surface area contributed by atoms with E-state index < -0.39 is 0 Å². The molecule has 0 unspecified atom stereocenters. The van der Waals surface area contributed by atoms with Gasteiger partial charge in [0.2, 0.25) is 0 Å². The van der Waals surface area contributed by atoms with Crippen molar-refractivity contribution in [1.82, 2.24) is 0 Å². The Morgan fingerprint density at radius 1 is 1.20 bits per heavy atom. The predicted molar refractivity (Wildman–Crippen MR) is 63.1 cm³/mol. The summed E-state index contributed by atoms with van der Waals surface area (Å²) in [4.78, 5) is 0. The van der Waals surface area contributed by atoms with Crippen molar-refractivity contribution in [2.75, 3.05) is 20.2 Å². The van der Waals surface area contributed by atoms with Crippen LogP contribution in [-0.4, -0.2) is 20.2 Å². The summed E-state index contributed by atoms with van der Waals surface area (Å²) in [6.45, 7) is 1.39. The van der Waals surface area contributed by atoms with Gasteiger partial charge in [0.15, 0.2) is 0 Å². The van der Waals surface area contributed by atoms with Gasteiger partial charge in [-0.3, -0.25) is 0 Å². The Morgan fingerprint density at radius 3 is 2.40 bits per heavy atom. The molecule has 0 aliphatic carbocycles. The van der Waals surface area contributed by atoms with E-state index in [1.807, 2.05) is 12.1 Å². The van der Waals surface area contributed by atoms with Gasteiger partial charge in [-0.15, -0.1) is 0 Å². The van der Waals surface area contributed by atoms with Crippen molar-refractivity contribution < 1.29 is 4.74 Å². The Balaban J connectivity index is 2.79. The third kappa shape index (κ3) is 3.53. The zero-order valence-corrected chi connectivity index (χ0v) is 9.28. The van der Waals surface area contributed by atoms with Gasteiger partial charge in [-0.2, -0.15) is 0 Å².